The van der Waals surface area contributed by atoms with Crippen molar-refractivity contribution in [3.63, 3.8) is 0 Å². The molecule has 0 amide bonds. The SMILES string of the molecule is CC12CC3CC1CC1(C=CC(=O)C(C)(C/C=C/B4OC(C)(C)C(C)(C)O4)C31)C2. The van der Waals surface area contributed by atoms with E-state index in [9.17, 15) is 4.79 Å². The van der Waals surface area contributed by atoms with Crippen LogP contribution < -0.4 is 0 Å². The molecule has 1 aliphatic heterocycles. The summed E-state index contributed by atoms with van der Waals surface area (Å²) in [6.45, 7) is 13.0. The van der Waals surface area contributed by atoms with E-state index in [0.717, 1.165) is 12.3 Å². The second-order valence-corrected chi connectivity index (χ2v) is 12.0. The first-order valence-corrected chi connectivity index (χ1v) is 11.2. The maximum Gasteiger partial charge on any atom is 0.486 e. The molecule has 1 spiro atoms. The Labute approximate surface area is 170 Å². The minimum Gasteiger partial charge on any atom is -0.400 e. The second-order valence-electron chi connectivity index (χ2n) is 12.0. The van der Waals surface area contributed by atoms with Gasteiger partial charge in [-0.25, -0.2) is 0 Å². The van der Waals surface area contributed by atoms with E-state index in [1.165, 1.54) is 25.7 Å². The summed E-state index contributed by atoms with van der Waals surface area (Å²) in [6.07, 6.45) is 12.4. The molecule has 4 bridgehead atoms. The van der Waals surface area contributed by atoms with Gasteiger partial charge in [-0.05, 0) is 94.5 Å². The van der Waals surface area contributed by atoms with E-state index in [2.05, 4.69) is 53.7 Å². The smallest absolute Gasteiger partial charge is 0.400 e. The number of hydrogen-bond acceptors (Lipinski definition) is 3. The molecule has 0 N–H and O–H groups in total. The summed E-state index contributed by atoms with van der Waals surface area (Å²) in [5, 5.41) is 0. The van der Waals surface area contributed by atoms with E-state index in [1.807, 2.05) is 12.1 Å². The van der Waals surface area contributed by atoms with Crippen LogP contribution in [0.3, 0.4) is 0 Å². The van der Waals surface area contributed by atoms with Crippen LogP contribution in [-0.4, -0.2) is 24.1 Å². The molecule has 1 heterocycles. The lowest BCUT2D eigenvalue weighted by Crippen LogP contribution is -2.52. The highest BCUT2D eigenvalue weighted by molar-refractivity contribution is 6.51. The Morgan fingerprint density at radius 3 is 2.43 bits per heavy atom. The molecule has 1 saturated heterocycles. The third-order valence-corrected chi connectivity index (χ3v) is 9.67. The zero-order valence-corrected chi connectivity index (χ0v) is 18.4. The van der Waals surface area contributed by atoms with Crippen LogP contribution in [-0.2, 0) is 14.1 Å². The molecule has 152 valence electrons. The van der Waals surface area contributed by atoms with Gasteiger partial charge in [-0.15, -0.1) is 0 Å². The average molecular weight is 382 g/mol. The fourth-order valence-corrected chi connectivity index (χ4v) is 7.88. The first-order valence-electron chi connectivity index (χ1n) is 11.2. The Bertz CT molecular complexity index is 767. The van der Waals surface area contributed by atoms with Crippen molar-refractivity contribution in [3.8, 4) is 0 Å². The number of carbonyl (C=O) groups is 1. The quantitative estimate of drug-likeness (QED) is 0.633. The van der Waals surface area contributed by atoms with E-state index >= 15 is 0 Å². The van der Waals surface area contributed by atoms with E-state index in [1.54, 1.807) is 0 Å². The van der Waals surface area contributed by atoms with Crippen LogP contribution in [0.1, 0.15) is 73.6 Å². The summed E-state index contributed by atoms with van der Waals surface area (Å²) in [4.78, 5) is 13.1. The lowest BCUT2D eigenvalue weighted by molar-refractivity contribution is -0.136. The second kappa shape index (κ2) is 5.43. The molecule has 6 aliphatic rings. The Morgan fingerprint density at radius 1 is 1.11 bits per heavy atom. The van der Waals surface area contributed by atoms with E-state index < -0.39 is 0 Å². The lowest BCUT2D eigenvalue weighted by Gasteiger charge is -2.55. The van der Waals surface area contributed by atoms with Crippen molar-refractivity contribution in [2.45, 2.75) is 84.8 Å². The molecule has 0 radical (unpaired) electrons. The minimum atomic E-state index is -0.328. The zero-order chi connectivity index (χ0) is 20.2. The lowest BCUT2D eigenvalue weighted by atomic mass is 9.47. The highest BCUT2D eigenvalue weighted by Crippen LogP contribution is 2.76. The number of allylic oxidation sites excluding steroid dienone is 3. The number of rotatable bonds is 3. The van der Waals surface area contributed by atoms with Gasteiger partial charge >= 0.3 is 7.12 Å². The summed E-state index contributed by atoms with van der Waals surface area (Å²) in [5.41, 5.74) is -0.154. The molecule has 4 heteroatoms. The minimum absolute atomic E-state index is 0.265. The molecule has 0 aromatic heterocycles. The Hall–Kier alpha value is -0.865. The number of hydrogen-bond donors (Lipinski definition) is 0. The van der Waals surface area contributed by atoms with Crippen molar-refractivity contribution in [1.29, 1.82) is 0 Å². The van der Waals surface area contributed by atoms with Crippen molar-refractivity contribution in [1.82, 2.24) is 0 Å². The van der Waals surface area contributed by atoms with Crippen LogP contribution in [0.2, 0.25) is 0 Å². The fourth-order valence-electron chi connectivity index (χ4n) is 7.88. The van der Waals surface area contributed by atoms with Gasteiger partial charge in [0.25, 0.3) is 0 Å². The van der Waals surface area contributed by atoms with Gasteiger partial charge in [0.05, 0.1) is 11.2 Å². The van der Waals surface area contributed by atoms with Crippen LogP contribution in [0.25, 0.3) is 0 Å². The van der Waals surface area contributed by atoms with Gasteiger partial charge < -0.3 is 9.31 Å². The monoisotopic (exact) mass is 382 g/mol. The predicted octanol–water partition coefficient (Wildman–Crippen LogP) is 5.15. The fraction of sp³-hybridized carbons (Fsp3) is 0.792. The molecule has 6 unspecified atom stereocenters. The Balaban J connectivity index is 1.38. The largest absolute Gasteiger partial charge is 0.486 e. The predicted molar refractivity (Wildman–Crippen MR) is 112 cm³/mol. The molecule has 0 aromatic rings. The summed E-state index contributed by atoms with van der Waals surface area (Å²) >= 11 is 0. The summed E-state index contributed by atoms with van der Waals surface area (Å²) in [7, 11) is -0.328. The van der Waals surface area contributed by atoms with Crippen molar-refractivity contribution >= 4 is 12.9 Å². The van der Waals surface area contributed by atoms with Gasteiger partial charge in [0, 0.05) is 5.41 Å². The summed E-state index contributed by atoms with van der Waals surface area (Å²) in [6, 6.07) is 0. The first kappa shape index (κ1) is 19.1. The Morgan fingerprint density at radius 2 is 1.79 bits per heavy atom. The van der Waals surface area contributed by atoms with Crippen molar-refractivity contribution in [2.75, 3.05) is 0 Å². The topological polar surface area (TPSA) is 35.5 Å². The normalized spacial score (nSPS) is 50.1. The summed E-state index contributed by atoms with van der Waals surface area (Å²) < 4.78 is 12.2. The molecular weight excluding hydrogens is 347 g/mol. The van der Waals surface area contributed by atoms with Gasteiger partial charge in [-0.1, -0.05) is 32.0 Å². The van der Waals surface area contributed by atoms with Crippen molar-refractivity contribution < 1.29 is 14.1 Å². The molecule has 5 fully saturated rings. The van der Waals surface area contributed by atoms with Gasteiger partial charge in [0.2, 0.25) is 0 Å². The first-order chi connectivity index (χ1) is 12.9. The third-order valence-electron chi connectivity index (χ3n) is 9.67. The maximum atomic E-state index is 13.1. The van der Waals surface area contributed by atoms with Crippen LogP contribution in [0.5, 0.6) is 0 Å². The van der Waals surface area contributed by atoms with Crippen LogP contribution in [0.4, 0.5) is 0 Å². The van der Waals surface area contributed by atoms with Gasteiger partial charge in [0.15, 0.2) is 5.78 Å². The van der Waals surface area contributed by atoms with E-state index in [4.69, 9.17) is 9.31 Å². The highest BCUT2D eigenvalue weighted by atomic mass is 16.7. The molecule has 3 nitrogen and oxygen atoms in total. The van der Waals surface area contributed by atoms with Crippen LogP contribution >= 0.6 is 0 Å². The van der Waals surface area contributed by atoms with Gasteiger partial charge in [0.1, 0.15) is 0 Å². The standard InChI is InChI=1S/C24H35BO3/c1-20(2)21(3,4)28-25(27-20)11-7-9-23(6)18(26)8-10-24-14-17-12-16(19(23)24)13-22(17,5)15-24/h7-8,10-11,16-17,19H,9,12-15H2,1-6H3/b11-7+. The highest BCUT2D eigenvalue weighted by Gasteiger charge is 2.70. The summed E-state index contributed by atoms with van der Waals surface area (Å²) in [5.74, 6) is 4.43. The number of carbonyl (C=O) groups excluding carboxylic acids is 1. The van der Waals surface area contributed by atoms with Crippen molar-refractivity contribution in [2.24, 2.45) is 34.0 Å². The zero-order valence-electron chi connectivity index (χ0n) is 18.4. The average Bonchev–Trinajstić information content (AvgIpc) is 3.01. The molecule has 6 rings (SSSR count). The molecule has 0 aromatic carbocycles. The molecule has 5 aliphatic carbocycles. The third kappa shape index (κ3) is 2.34. The molecule has 6 atom stereocenters. The van der Waals surface area contributed by atoms with E-state index in [-0.39, 0.29) is 29.2 Å². The van der Waals surface area contributed by atoms with E-state index in [0.29, 0.717) is 23.0 Å². The van der Waals surface area contributed by atoms with Crippen LogP contribution in [0.15, 0.2) is 24.2 Å². The Kier molecular flexibility index (Phi) is 3.71. The molecule has 4 saturated carbocycles. The molecule has 28 heavy (non-hydrogen) atoms. The maximum absolute atomic E-state index is 13.1. The number of ketones is 1. The van der Waals surface area contributed by atoms with Gasteiger partial charge in [-0.3, -0.25) is 4.79 Å². The van der Waals surface area contributed by atoms with Gasteiger partial charge in [-0.2, -0.15) is 0 Å². The van der Waals surface area contributed by atoms with Crippen molar-refractivity contribution in [3.05, 3.63) is 24.2 Å². The van der Waals surface area contributed by atoms with Crippen LogP contribution in [0, 0.1) is 34.0 Å². The molecular formula is C24H35BO3.